The van der Waals surface area contributed by atoms with E-state index in [0.29, 0.717) is 6.42 Å². The minimum absolute atomic E-state index is 0.162. The van der Waals surface area contributed by atoms with E-state index in [0.717, 1.165) is 12.8 Å². The predicted molar refractivity (Wildman–Crippen MR) is 83.1 cm³/mol. The number of unbranched alkanes of at least 4 members (excludes halogenated alkanes) is 9. The first-order valence-electron chi connectivity index (χ1n) is 6.81. The molecule has 0 aliphatic heterocycles. The van der Waals surface area contributed by atoms with E-state index < -0.39 is 0 Å². The maximum atomic E-state index is 10.5. The minimum atomic E-state index is -0.162. The Balaban J connectivity index is 2.96. The summed E-state index contributed by atoms with van der Waals surface area (Å²) in [6.45, 7) is 0. The van der Waals surface area contributed by atoms with Gasteiger partial charge in [0.25, 0.3) is 0 Å². The van der Waals surface area contributed by atoms with Crippen LogP contribution in [0.3, 0.4) is 0 Å². The molecular formula is C14H26INO. The Morgan fingerprint density at radius 1 is 0.882 bits per heavy atom. The Morgan fingerprint density at radius 3 is 1.82 bits per heavy atom. The van der Waals surface area contributed by atoms with Crippen molar-refractivity contribution in [2.75, 3.05) is 0 Å². The van der Waals surface area contributed by atoms with Gasteiger partial charge in [0.15, 0.2) is 0 Å². The van der Waals surface area contributed by atoms with Crippen molar-refractivity contribution in [1.82, 2.24) is 0 Å². The van der Waals surface area contributed by atoms with Crippen LogP contribution in [-0.2, 0) is 4.79 Å². The molecule has 0 aromatic heterocycles. The first kappa shape index (κ1) is 16.9. The van der Waals surface area contributed by atoms with Gasteiger partial charge in [0.1, 0.15) is 0 Å². The third-order valence-corrected chi connectivity index (χ3v) is 3.39. The second-order valence-electron chi connectivity index (χ2n) is 4.55. The van der Waals surface area contributed by atoms with Crippen LogP contribution in [0, 0.1) is 0 Å². The zero-order chi connectivity index (χ0) is 12.8. The number of carbonyl (C=O) groups excluding carboxylic acids is 1. The molecule has 0 heterocycles. The van der Waals surface area contributed by atoms with Gasteiger partial charge in [-0.15, -0.1) is 0 Å². The molecule has 100 valence electrons. The molecule has 0 aromatic carbocycles. The fourth-order valence-corrected chi connectivity index (χ4v) is 2.22. The number of carbonyl (C=O) groups is 1. The van der Waals surface area contributed by atoms with Gasteiger partial charge in [-0.3, -0.25) is 4.79 Å². The lowest BCUT2D eigenvalue weighted by Gasteiger charge is -2.01. The van der Waals surface area contributed by atoms with E-state index >= 15 is 0 Å². The van der Waals surface area contributed by atoms with Crippen LogP contribution in [0.25, 0.3) is 0 Å². The number of amides is 1. The highest BCUT2D eigenvalue weighted by Crippen LogP contribution is 2.11. The highest BCUT2D eigenvalue weighted by Gasteiger charge is 1.95. The van der Waals surface area contributed by atoms with Crippen molar-refractivity contribution in [3.05, 3.63) is 10.2 Å². The van der Waals surface area contributed by atoms with Gasteiger partial charge >= 0.3 is 0 Å². The Labute approximate surface area is 120 Å². The number of halogens is 1. The molecule has 0 rings (SSSR count). The molecule has 3 heteroatoms. The molecule has 0 spiro atoms. The van der Waals surface area contributed by atoms with Crippen LogP contribution < -0.4 is 5.73 Å². The molecule has 0 saturated carbocycles. The Bertz CT molecular complexity index is 204. The smallest absolute Gasteiger partial charge is 0.217 e. The summed E-state index contributed by atoms with van der Waals surface area (Å²) in [6.07, 6.45) is 15.5. The Hall–Kier alpha value is -0.0600. The van der Waals surface area contributed by atoms with Crippen LogP contribution in [0.2, 0.25) is 0 Å². The number of allylic oxidation sites excluding steroid dienone is 1. The van der Waals surface area contributed by atoms with Crippen molar-refractivity contribution in [2.45, 2.75) is 70.6 Å². The van der Waals surface area contributed by atoms with E-state index in [-0.39, 0.29) is 5.91 Å². The number of rotatable bonds is 12. The Morgan fingerprint density at radius 2 is 1.35 bits per heavy atom. The van der Waals surface area contributed by atoms with E-state index in [4.69, 9.17) is 5.73 Å². The maximum absolute atomic E-state index is 10.5. The van der Waals surface area contributed by atoms with Crippen molar-refractivity contribution in [3.63, 3.8) is 0 Å². The molecule has 0 radical (unpaired) electrons. The standard InChI is InChI=1S/C14H26INO/c15-13-11-9-7-5-3-1-2-4-6-8-10-12-14(16)17/h11,13H,1-10,12H2,(H2,16,17)/b13-11+. The summed E-state index contributed by atoms with van der Waals surface area (Å²) in [4.78, 5) is 10.5. The van der Waals surface area contributed by atoms with Gasteiger partial charge in [0.05, 0.1) is 0 Å². The van der Waals surface area contributed by atoms with Crippen molar-refractivity contribution >= 4 is 28.5 Å². The molecule has 2 N–H and O–H groups in total. The van der Waals surface area contributed by atoms with Gasteiger partial charge in [-0.25, -0.2) is 0 Å². The van der Waals surface area contributed by atoms with E-state index in [9.17, 15) is 4.79 Å². The first-order valence-corrected chi connectivity index (χ1v) is 8.05. The third-order valence-electron chi connectivity index (χ3n) is 2.88. The summed E-state index contributed by atoms with van der Waals surface area (Å²) in [6, 6.07) is 0. The lowest BCUT2D eigenvalue weighted by atomic mass is 10.1. The molecule has 0 saturated heterocycles. The molecule has 0 fully saturated rings. The summed E-state index contributed by atoms with van der Waals surface area (Å²) in [7, 11) is 0. The summed E-state index contributed by atoms with van der Waals surface area (Å²) in [5, 5.41) is 0. The van der Waals surface area contributed by atoms with Gasteiger partial charge in [0, 0.05) is 6.42 Å². The van der Waals surface area contributed by atoms with Crippen molar-refractivity contribution in [1.29, 1.82) is 0 Å². The predicted octanol–water partition coefficient (Wildman–Crippen LogP) is 4.71. The molecule has 0 aliphatic rings. The van der Waals surface area contributed by atoms with Gasteiger partial charge in [0.2, 0.25) is 5.91 Å². The van der Waals surface area contributed by atoms with E-state index in [2.05, 4.69) is 32.7 Å². The Kier molecular flexibility index (Phi) is 14.0. The van der Waals surface area contributed by atoms with E-state index in [1.165, 1.54) is 51.4 Å². The molecule has 1 amide bonds. The lowest BCUT2D eigenvalue weighted by molar-refractivity contribution is -0.118. The highest BCUT2D eigenvalue weighted by molar-refractivity contribution is 14.1. The lowest BCUT2D eigenvalue weighted by Crippen LogP contribution is -2.09. The maximum Gasteiger partial charge on any atom is 0.217 e. The second-order valence-corrected chi connectivity index (χ2v) is 5.27. The zero-order valence-electron chi connectivity index (χ0n) is 10.8. The quantitative estimate of drug-likeness (QED) is 0.402. The van der Waals surface area contributed by atoms with Crippen LogP contribution in [0.15, 0.2) is 10.2 Å². The summed E-state index contributed by atoms with van der Waals surface area (Å²) >= 11 is 2.27. The van der Waals surface area contributed by atoms with Gasteiger partial charge in [-0.05, 0) is 23.3 Å². The fourth-order valence-electron chi connectivity index (χ4n) is 1.86. The molecular weight excluding hydrogens is 325 g/mol. The van der Waals surface area contributed by atoms with Gasteiger partial charge in [-0.2, -0.15) is 0 Å². The average molecular weight is 351 g/mol. The second kappa shape index (κ2) is 14.0. The number of primary amides is 1. The van der Waals surface area contributed by atoms with Crippen LogP contribution in [-0.4, -0.2) is 5.91 Å². The third kappa shape index (κ3) is 15.9. The van der Waals surface area contributed by atoms with Crippen molar-refractivity contribution in [3.8, 4) is 0 Å². The summed E-state index contributed by atoms with van der Waals surface area (Å²) in [5.41, 5.74) is 5.08. The summed E-state index contributed by atoms with van der Waals surface area (Å²) < 4.78 is 2.10. The number of hydrogen-bond acceptors (Lipinski definition) is 1. The van der Waals surface area contributed by atoms with Crippen LogP contribution in [0.4, 0.5) is 0 Å². The van der Waals surface area contributed by atoms with Crippen LogP contribution in [0.5, 0.6) is 0 Å². The normalized spacial score (nSPS) is 11.1. The number of nitrogens with two attached hydrogens (primary N) is 1. The summed E-state index contributed by atoms with van der Waals surface area (Å²) in [5.74, 6) is -0.162. The van der Waals surface area contributed by atoms with Crippen LogP contribution >= 0.6 is 22.6 Å². The largest absolute Gasteiger partial charge is 0.370 e. The first-order chi connectivity index (χ1) is 8.27. The fraction of sp³-hybridized carbons (Fsp3) is 0.786. The van der Waals surface area contributed by atoms with Crippen molar-refractivity contribution in [2.24, 2.45) is 5.73 Å². The minimum Gasteiger partial charge on any atom is -0.370 e. The molecule has 17 heavy (non-hydrogen) atoms. The topological polar surface area (TPSA) is 43.1 Å². The van der Waals surface area contributed by atoms with E-state index in [1.807, 2.05) is 0 Å². The number of hydrogen-bond donors (Lipinski definition) is 1. The van der Waals surface area contributed by atoms with Gasteiger partial charge in [-0.1, -0.05) is 73.6 Å². The molecule has 2 nitrogen and oxygen atoms in total. The molecule has 0 unspecified atom stereocenters. The average Bonchev–Trinajstić information content (AvgIpc) is 2.30. The van der Waals surface area contributed by atoms with Crippen molar-refractivity contribution < 1.29 is 4.79 Å². The zero-order valence-corrected chi connectivity index (χ0v) is 13.0. The molecule has 0 bridgehead atoms. The van der Waals surface area contributed by atoms with E-state index in [1.54, 1.807) is 0 Å². The monoisotopic (exact) mass is 351 g/mol. The SMILES string of the molecule is NC(=O)CCCCCCCCCCC/C=C/I. The molecule has 0 aromatic rings. The molecule has 0 atom stereocenters. The highest BCUT2D eigenvalue weighted by atomic mass is 127. The van der Waals surface area contributed by atoms with Gasteiger partial charge < -0.3 is 5.73 Å². The van der Waals surface area contributed by atoms with Crippen LogP contribution in [0.1, 0.15) is 70.6 Å². The molecule has 0 aliphatic carbocycles.